The molecule has 0 aliphatic rings. The first-order chi connectivity index (χ1) is 19.8. The minimum atomic E-state index is -3.89. The first kappa shape index (κ1) is 33.4. The van der Waals surface area contributed by atoms with Crippen LogP contribution >= 0.6 is 7.82 Å². The Labute approximate surface area is 240 Å². The summed E-state index contributed by atoms with van der Waals surface area (Å²) < 4.78 is 39.0. The van der Waals surface area contributed by atoms with Crippen molar-refractivity contribution in [3.05, 3.63) is 91.0 Å². The predicted octanol–water partition coefficient (Wildman–Crippen LogP) is 5.73. The summed E-state index contributed by atoms with van der Waals surface area (Å²) in [7, 11) is -3.89. The number of hydrogen-bond donors (Lipinski definition) is 2. The largest absolute Gasteiger partial charge is 0.647 e. The lowest BCUT2D eigenvalue weighted by Gasteiger charge is -2.19. The predicted molar refractivity (Wildman–Crippen MR) is 153 cm³/mol. The highest BCUT2D eigenvalue weighted by Crippen LogP contribution is 2.49. The standard InChI is InChI=1S/C18H15O4P.C12H22O6/c19-23(20-16-10-4-1-5-11-16,21-17-12-6-2-7-13-17)22-18-14-8-3-9-15-18;1-3-5-7-17-11(15)9(13)10(14)12(16)18-8-6-4-2/h1-15H;9-10,13-14H,3-8H2,1-2H3. The molecule has 11 heteroatoms. The second-order valence-electron chi connectivity index (χ2n) is 8.59. The average Bonchev–Trinajstić information content (AvgIpc) is 2.98. The van der Waals surface area contributed by atoms with Crippen LogP contribution < -0.4 is 13.6 Å². The molecule has 222 valence electrons. The van der Waals surface area contributed by atoms with Crippen molar-refractivity contribution in [2.45, 2.75) is 51.7 Å². The van der Waals surface area contributed by atoms with Crippen molar-refractivity contribution in [1.82, 2.24) is 0 Å². The van der Waals surface area contributed by atoms with Gasteiger partial charge in [-0.3, -0.25) is 0 Å². The van der Waals surface area contributed by atoms with Gasteiger partial charge >= 0.3 is 19.8 Å². The highest BCUT2D eigenvalue weighted by atomic mass is 31.2. The number of carbonyl (C=O) groups excluding carboxylic acids is 2. The molecule has 2 unspecified atom stereocenters. The summed E-state index contributed by atoms with van der Waals surface area (Å²) in [6, 6.07) is 26.4. The SMILES string of the molecule is CCCCOC(=O)C(O)C(O)C(=O)OCCCC.O=P(Oc1ccccc1)(Oc1ccccc1)Oc1ccccc1. The van der Waals surface area contributed by atoms with Crippen molar-refractivity contribution in [1.29, 1.82) is 0 Å². The lowest BCUT2D eigenvalue weighted by Crippen LogP contribution is -2.41. The lowest BCUT2D eigenvalue weighted by molar-refractivity contribution is -0.173. The molecule has 3 aromatic rings. The van der Waals surface area contributed by atoms with Gasteiger partial charge in [0.25, 0.3) is 0 Å². The fourth-order valence-corrected chi connectivity index (χ4v) is 4.20. The van der Waals surface area contributed by atoms with Crippen molar-refractivity contribution in [3.63, 3.8) is 0 Å². The molecule has 3 aromatic carbocycles. The molecule has 0 spiro atoms. The van der Waals surface area contributed by atoms with E-state index >= 15 is 0 Å². The van der Waals surface area contributed by atoms with Gasteiger partial charge in [-0.1, -0.05) is 81.3 Å². The summed E-state index contributed by atoms with van der Waals surface area (Å²) in [5.74, 6) is -0.806. The number of carbonyl (C=O) groups is 2. The Morgan fingerprint density at radius 3 is 1.17 bits per heavy atom. The van der Waals surface area contributed by atoms with Gasteiger partial charge in [0, 0.05) is 0 Å². The molecule has 0 aromatic heterocycles. The Kier molecular flexibility index (Phi) is 15.0. The minimum absolute atomic E-state index is 0.157. The van der Waals surface area contributed by atoms with Gasteiger partial charge in [0.2, 0.25) is 0 Å². The maximum atomic E-state index is 13.1. The zero-order chi connectivity index (χ0) is 29.9. The van der Waals surface area contributed by atoms with Crippen LogP contribution in [0.2, 0.25) is 0 Å². The van der Waals surface area contributed by atoms with Crippen LogP contribution in [-0.2, 0) is 23.6 Å². The van der Waals surface area contributed by atoms with Crippen LogP contribution in [0.1, 0.15) is 39.5 Å². The third-order valence-electron chi connectivity index (χ3n) is 5.15. The zero-order valence-electron chi connectivity index (χ0n) is 23.2. The van der Waals surface area contributed by atoms with Gasteiger partial charge < -0.3 is 33.3 Å². The smallest absolute Gasteiger partial charge is 0.464 e. The van der Waals surface area contributed by atoms with Crippen LogP contribution in [0.5, 0.6) is 17.2 Å². The highest BCUT2D eigenvalue weighted by molar-refractivity contribution is 7.49. The van der Waals surface area contributed by atoms with Gasteiger partial charge in [0.1, 0.15) is 17.2 Å². The van der Waals surface area contributed by atoms with Crippen LogP contribution in [0.25, 0.3) is 0 Å². The van der Waals surface area contributed by atoms with Crippen LogP contribution in [0.15, 0.2) is 91.0 Å². The molecule has 0 fully saturated rings. The van der Waals surface area contributed by atoms with Crippen molar-refractivity contribution in [2.75, 3.05) is 13.2 Å². The van der Waals surface area contributed by atoms with Gasteiger partial charge in [-0.25, -0.2) is 9.59 Å². The van der Waals surface area contributed by atoms with Gasteiger partial charge in [-0.15, -0.1) is 0 Å². The molecular formula is C30H37O10P. The second kappa shape index (κ2) is 18.5. The summed E-state index contributed by atoms with van der Waals surface area (Å²) >= 11 is 0. The maximum absolute atomic E-state index is 13.1. The molecule has 0 heterocycles. The van der Waals surface area contributed by atoms with E-state index in [1.165, 1.54) is 0 Å². The van der Waals surface area contributed by atoms with E-state index in [4.69, 9.17) is 13.6 Å². The van der Waals surface area contributed by atoms with Gasteiger partial charge in [0.05, 0.1) is 13.2 Å². The Balaban J connectivity index is 0.000000298. The first-order valence-corrected chi connectivity index (χ1v) is 14.8. The number of rotatable bonds is 15. The summed E-state index contributed by atoms with van der Waals surface area (Å²) in [6.45, 7) is 4.16. The quantitative estimate of drug-likeness (QED) is 0.129. The van der Waals surface area contributed by atoms with E-state index in [0.29, 0.717) is 30.1 Å². The number of hydrogen-bond acceptors (Lipinski definition) is 10. The first-order valence-electron chi connectivity index (χ1n) is 13.3. The summed E-state index contributed by atoms with van der Waals surface area (Å²) in [5, 5.41) is 18.8. The summed E-state index contributed by atoms with van der Waals surface area (Å²) in [4.78, 5) is 22.5. The van der Waals surface area contributed by atoms with Gasteiger partial charge in [-0.2, -0.15) is 4.57 Å². The Morgan fingerprint density at radius 2 is 0.902 bits per heavy atom. The van der Waals surface area contributed by atoms with E-state index in [0.717, 1.165) is 12.8 Å². The third kappa shape index (κ3) is 12.9. The Bertz CT molecular complexity index is 1060. The number of esters is 2. The lowest BCUT2D eigenvalue weighted by atomic mass is 10.2. The van der Waals surface area contributed by atoms with Crippen molar-refractivity contribution in [2.24, 2.45) is 0 Å². The topological polar surface area (TPSA) is 138 Å². The van der Waals surface area contributed by atoms with Crippen LogP contribution in [-0.4, -0.2) is 47.6 Å². The van der Waals surface area contributed by atoms with E-state index in [2.05, 4.69) is 9.47 Å². The molecular weight excluding hydrogens is 551 g/mol. The molecule has 2 N–H and O–H groups in total. The third-order valence-corrected chi connectivity index (χ3v) is 6.45. The fraction of sp³-hybridized carbons (Fsp3) is 0.333. The fourth-order valence-electron chi connectivity index (χ4n) is 2.95. The molecule has 0 radical (unpaired) electrons. The van der Waals surface area contributed by atoms with Crippen LogP contribution in [0, 0.1) is 0 Å². The number of benzene rings is 3. The number of phosphoric ester groups is 1. The van der Waals surface area contributed by atoms with E-state index in [1.54, 1.807) is 72.8 Å². The molecule has 41 heavy (non-hydrogen) atoms. The second-order valence-corrected chi connectivity index (χ2v) is 10.0. The average molecular weight is 589 g/mol. The van der Waals surface area contributed by atoms with Crippen molar-refractivity contribution < 1.29 is 47.4 Å². The number of unbranched alkanes of at least 4 members (excludes halogenated alkanes) is 2. The van der Waals surface area contributed by atoms with E-state index in [9.17, 15) is 24.4 Å². The van der Waals surface area contributed by atoms with Crippen molar-refractivity contribution in [3.8, 4) is 17.2 Å². The van der Waals surface area contributed by atoms with Crippen LogP contribution in [0.3, 0.4) is 0 Å². The number of aliphatic hydroxyl groups is 2. The molecule has 0 bridgehead atoms. The molecule has 0 aliphatic heterocycles. The molecule has 3 rings (SSSR count). The number of para-hydroxylation sites is 3. The minimum Gasteiger partial charge on any atom is -0.464 e. The van der Waals surface area contributed by atoms with Crippen molar-refractivity contribution >= 4 is 19.8 Å². The summed E-state index contributed by atoms with van der Waals surface area (Å²) in [6.07, 6.45) is -0.784. The molecule has 0 amide bonds. The van der Waals surface area contributed by atoms with E-state index in [1.807, 2.05) is 32.0 Å². The van der Waals surface area contributed by atoms with Crippen LogP contribution in [0.4, 0.5) is 0 Å². The molecule has 0 saturated heterocycles. The maximum Gasteiger partial charge on any atom is 0.647 e. The zero-order valence-corrected chi connectivity index (χ0v) is 24.1. The van der Waals surface area contributed by atoms with E-state index in [-0.39, 0.29) is 13.2 Å². The number of aliphatic hydroxyl groups excluding tert-OH is 2. The summed E-state index contributed by atoms with van der Waals surface area (Å²) in [5.41, 5.74) is 0. The Morgan fingerprint density at radius 1 is 0.610 bits per heavy atom. The number of phosphoric acid groups is 1. The molecule has 10 nitrogen and oxygen atoms in total. The molecule has 0 aliphatic carbocycles. The van der Waals surface area contributed by atoms with Gasteiger partial charge in [-0.05, 0) is 49.2 Å². The number of ether oxygens (including phenoxy) is 2. The van der Waals surface area contributed by atoms with E-state index < -0.39 is 32.0 Å². The molecule has 2 atom stereocenters. The monoisotopic (exact) mass is 588 g/mol. The normalized spacial score (nSPS) is 12.1. The van der Waals surface area contributed by atoms with Gasteiger partial charge in [0.15, 0.2) is 12.2 Å². The Hall–Kier alpha value is -3.85. The molecule has 0 saturated carbocycles. The highest BCUT2D eigenvalue weighted by Gasteiger charge is 2.33.